The van der Waals surface area contributed by atoms with E-state index in [9.17, 15) is 18.7 Å². The molecule has 0 radical (unpaired) electrons. The zero-order valence-corrected chi connectivity index (χ0v) is 11.8. The average Bonchev–Trinajstić information content (AvgIpc) is 2.53. The van der Waals surface area contributed by atoms with Crippen LogP contribution in [0.1, 0.15) is 21.6 Å². The minimum atomic E-state index is -1.34. The van der Waals surface area contributed by atoms with E-state index in [4.69, 9.17) is 0 Å². The molecule has 3 nitrogen and oxygen atoms in total. The highest BCUT2D eigenvalue weighted by atomic mass is 19.1. The molecule has 3 rings (SSSR count). The average molecular weight is 310 g/mol. The third-order valence-corrected chi connectivity index (χ3v) is 3.38. The van der Waals surface area contributed by atoms with Gasteiger partial charge in [-0.25, -0.2) is 13.8 Å². The Hall–Kier alpha value is -3.08. The van der Waals surface area contributed by atoms with Crippen LogP contribution in [0.5, 0.6) is 0 Å². The molecule has 114 valence electrons. The molecule has 0 aliphatic heterocycles. The van der Waals surface area contributed by atoms with Gasteiger partial charge in [0.25, 0.3) is 0 Å². The maximum absolute atomic E-state index is 13.6. The molecule has 0 fully saturated rings. The topological polar surface area (TPSA) is 53.0 Å². The number of hydrogen-bond acceptors (Lipinski definition) is 3. The molecule has 0 saturated carbocycles. The van der Waals surface area contributed by atoms with Crippen LogP contribution in [-0.4, -0.2) is 11.0 Å². The van der Waals surface area contributed by atoms with E-state index in [-0.39, 0.29) is 16.8 Å². The van der Waals surface area contributed by atoms with Crippen molar-refractivity contribution in [3.8, 4) is 0 Å². The van der Waals surface area contributed by atoms with E-state index in [1.807, 2.05) is 0 Å². The first-order valence-corrected chi connectivity index (χ1v) is 6.79. The van der Waals surface area contributed by atoms with Crippen LogP contribution < -0.4 is 5.11 Å². The number of halogens is 2. The summed E-state index contributed by atoms with van der Waals surface area (Å²) in [4.78, 5) is 15.5. The van der Waals surface area contributed by atoms with Crippen molar-refractivity contribution < 1.29 is 18.7 Å². The first kappa shape index (κ1) is 14.8. The molecule has 0 aliphatic carbocycles. The molecule has 2 aromatic carbocycles. The summed E-state index contributed by atoms with van der Waals surface area (Å²) in [6.45, 7) is 0. The van der Waals surface area contributed by atoms with Gasteiger partial charge in [-0.3, -0.25) is 0 Å². The third kappa shape index (κ3) is 2.94. The second-order valence-electron chi connectivity index (χ2n) is 4.87. The van der Waals surface area contributed by atoms with Gasteiger partial charge in [0.1, 0.15) is 11.6 Å². The van der Waals surface area contributed by atoms with E-state index in [1.54, 1.807) is 24.3 Å². The zero-order valence-electron chi connectivity index (χ0n) is 11.8. The molecule has 5 heteroatoms. The SMILES string of the molecule is O=C([O-])c1cc(/C=C/c2c(F)cccc2F)nc2ccccc12. The van der Waals surface area contributed by atoms with E-state index < -0.39 is 17.6 Å². The van der Waals surface area contributed by atoms with Gasteiger partial charge in [-0.15, -0.1) is 0 Å². The van der Waals surface area contributed by atoms with Crippen LogP contribution in [0.4, 0.5) is 8.78 Å². The Balaban J connectivity index is 2.10. The van der Waals surface area contributed by atoms with Crippen molar-refractivity contribution in [3.05, 3.63) is 77.0 Å². The predicted molar refractivity (Wildman–Crippen MR) is 81.4 cm³/mol. The van der Waals surface area contributed by atoms with E-state index >= 15 is 0 Å². The number of aromatic nitrogens is 1. The van der Waals surface area contributed by atoms with Crippen molar-refractivity contribution in [3.63, 3.8) is 0 Å². The molecule has 0 spiro atoms. The van der Waals surface area contributed by atoms with Crippen molar-refractivity contribution in [2.75, 3.05) is 0 Å². The highest BCUT2D eigenvalue weighted by Crippen LogP contribution is 2.20. The quantitative estimate of drug-likeness (QED) is 0.747. The Bertz CT molecular complexity index is 915. The molecular formula is C18H10F2NO2-. The van der Waals surface area contributed by atoms with Gasteiger partial charge in [0, 0.05) is 16.5 Å². The molecule has 0 unspecified atom stereocenters. The molecule has 1 aromatic heterocycles. The van der Waals surface area contributed by atoms with Crippen LogP contribution >= 0.6 is 0 Å². The third-order valence-electron chi connectivity index (χ3n) is 3.38. The Morgan fingerprint density at radius 1 is 1.00 bits per heavy atom. The molecule has 0 aliphatic rings. The Kier molecular flexibility index (Phi) is 3.85. The lowest BCUT2D eigenvalue weighted by Gasteiger charge is -2.08. The summed E-state index contributed by atoms with van der Waals surface area (Å²) in [5, 5.41) is 11.7. The lowest BCUT2D eigenvalue weighted by atomic mass is 10.1. The van der Waals surface area contributed by atoms with Crippen LogP contribution in [0.25, 0.3) is 23.1 Å². The Labute approximate surface area is 130 Å². The van der Waals surface area contributed by atoms with E-state index in [0.717, 1.165) is 12.1 Å². The summed E-state index contributed by atoms with van der Waals surface area (Å²) in [5.74, 6) is -2.75. The Morgan fingerprint density at radius 3 is 2.39 bits per heavy atom. The monoisotopic (exact) mass is 310 g/mol. The molecule has 1 heterocycles. The van der Waals surface area contributed by atoms with E-state index in [0.29, 0.717) is 10.9 Å². The first-order chi connectivity index (χ1) is 11.1. The van der Waals surface area contributed by atoms with Gasteiger partial charge in [0.15, 0.2) is 0 Å². The molecule has 0 bridgehead atoms. The van der Waals surface area contributed by atoms with Crippen molar-refractivity contribution >= 4 is 29.0 Å². The number of rotatable bonds is 3. The summed E-state index contributed by atoms with van der Waals surface area (Å²) in [5.41, 5.74) is 0.495. The normalized spacial score (nSPS) is 11.2. The van der Waals surface area contributed by atoms with Crippen molar-refractivity contribution in [1.29, 1.82) is 0 Å². The smallest absolute Gasteiger partial charge is 0.133 e. The molecule has 3 aromatic rings. The molecule has 0 saturated heterocycles. The maximum atomic E-state index is 13.6. The highest BCUT2D eigenvalue weighted by molar-refractivity contribution is 6.02. The van der Waals surface area contributed by atoms with Crippen molar-refractivity contribution in [2.45, 2.75) is 0 Å². The summed E-state index contributed by atoms with van der Waals surface area (Å²) >= 11 is 0. The fourth-order valence-electron chi connectivity index (χ4n) is 2.29. The van der Waals surface area contributed by atoms with Crippen LogP contribution in [-0.2, 0) is 0 Å². The van der Waals surface area contributed by atoms with Gasteiger partial charge in [-0.05, 0) is 36.4 Å². The number of fused-ring (bicyclic) bond motifs is 1. The van der Waals surface area contributed by atoms with Gasteiger partial charge in [-0.2, -0.15) is 0 Å². The van der Waals surface area contributed by atoms with Gasteiger partial charge in [0.2, 0.25) is 0 Å². The fraction of sp³-hybridized carbons (Fsp3) is 0. The zero-order chi connectivity index (χ0) is 16.4. The van der Waals surface area contributed by atoms with Gasteiger partial charge in [-0.1, -0.05) is 24.3 Å². The van der Waals surface area contributed by atoms with Crippen LogP contribution in [0, 0.1) is 11.6 Å². The number of hydrogen-bond donors (Lipinski definition) is 0. The van der Waals surface area contributed by atoms with Gasteiger partial charge < -0.3 is 9.90 Å². The number of benzene rings is 2. The number of carbonyl (C=O) groups is 1. The first-order valence-electron chi connectivity index (χ1n) is 6.79. The molecule has 0 amide bonds. The number of carboxylic acid groups (broad SMARTS) is 1. The molecule has 0 atom stereocenters. The van der Waals surface area contributed by atoms with Crippen molar-refractivity contribution in [1.82, 2.24) is 4.98 Å². The number of carboxylic acids is 1. The summed E-state index contributed by atoms with van der Waals surface area (Å²) in [6, 6.07) is 11.6. The van der Waals surface area contributed by atoms with Gasteiger partial charge in [0.05, 0.1) is 17.2 Å². The number of nitrogens with zero attached hydrogens (tertiary/aromatic N) is 1. The lowest BCUT2D eigenvalue weighted by Crippen LogP contribution is -2.22. The number of carbonyl (C=O) groups excluding carboxylic acids is 1. The number of para-hydroxylation sites is 1. The predicted octanol–water partition coefficient (Wildman–Crippen LogP) is 3.05. The van der Waals surface area contributed by atoms with Crippen molar-refractivity contribution in [2.24, 2.45) is 0 Å². The summed E-state index contributed by atoms with van der Waals surface area (Å²) in [7, 11) is 0. The molecule has 23 heavy (non-hydrogen) atoms. The van der Waals surface area contributed by atoms with Gasteiger partial charge >= 0.3 is 0 Å². The second kappa shape index (κ2) is 5.96. The Morgan fingerprint density at radius 2 is 1.70 bits per heavy atom. The second-order valence-corrected chi connectivity index (χ2v) is 4.87. The molecule has 0 N–H and O–H groups in total. The fourth-order valence-corrected chi connectivity index (χ4v) is 2.29. The van der Waals surface area contributed by atoms with E-state index in [1.165, 1.54) is 24.3 Å². The minimum absolute atomic E-state index is 0.0238. The largest absolute Gasteiger partial charge is 0.545 e. The minimum Gasteiger partial charge on any atom is -0.545 e. The maximum Gasteiger partial charge on any atom is 0.133 e. The lowest BCUT2D eigenvalue weighted by molar-refractivity contribution is -0.254. The summed E-state index contributed by atoms with van der Waals surface area (Å²) < 4.78 is 27.2. The number of aromatic carboxylic acids is 1. The van der Waals surface area contributed by atoms with E-state index in [2.05, 4.69) is 4.98 Å². The summed E-state index contributed by atoms with van der Waals surface area (Å²) in [6.07, 6.45) is 2.58. The van der Waals surface area contributed by atoms with Crippen LogP contribution in [0.2, 0.25) is 0 Å². The standard InChI is InChI=1S/C18H11F2NO2/c19-15-5-3-6-16(20)13(15)9-8-11-10-14(18(22)23)12-4-1-2-7-17(12)21-11/h1-10H,(H,22,23)/p-1/b9-8+. The number of pyridine rings is 1. The van der Waals surface area contributed by atoms with Crippen LogP contribution in [0.15, 0.2) is 48.5 Å². The van der Waals surface area contributed by atoms with Crippen LogP contribution in [0.3, 0.4) is 0 Å². The highest BCUT2D eigenvalue weighted by Gasteiger charge is 2.07. The molecular weight excluding hydrogens is 300 g/mol.